The molecule has 154 valence electrons. The summed E-state index contributed by atoms with van der Waals surface area (Å²) in [5, 5.41) is 3.32. The van der Waals surface area contributed by atoms with Crippen molar-refractivity contribution in [2.45, 2.75) is 19.6 Å². The number of halogens is 3. The van der Waals surface area contributed by atoms with Crippen LogP contribution in [0.3, 0.4) is 0 Å². The van der Waals surface area contributed by atoms with E-state index in [4.69, 9.17) is 4.74 Å². The van der Waals surface area contributed by atoms with Gasteiger partial charge >= 0.3 is 6.61 Å². The van der Waals surface area contributed by atoms with E-state index >= 15 is 0 Å². The summed E-state index contributed by atoms with van der Waals surface area (Å²) in [5.74, 6) is 1.77. The number of hydrogen-bond acceptors (Lipinski definition) is 3. The van der Waals surface area contributed by atoms with Crippen LogP contribution in [0.1, 0.15) is 11.1 Å². The molecule has 0 fully saturated rings. The van der Waals surface area contributed by atoms with Crippen LogP contribution in [0.2, 0.25) is 0 Å². The van der Waals surface area contributed by atoms with Crippen LogP contribution in [0, 0.1) is 0 Å². The van der Waals surface area contributed by atoms with E-state index in [9.17, 15) is 8.78 Å². The maximum Gasteiger partial charge on any atom is 0.387 e. The molecule has 0 heterocycles. The lowest BCUT2D eigenvalue weighted by Gasteiger charge is -2.22. The third-order valence-corrected chi connectivity index (χ3v) is 4.01. The second-order valence-corrected chi connectivity index (χ2v) is 5.91. The Labute approximate surface area is 181 Å². The van der Waals surface area contributed by atoms with Crippen LogP contribution in [0.25, 0.3) is 0 Å². The van der Waals surface area contributed by atoms with Gasteiger partial charge in [0.2, 0.25) is 0 Å². The topological polar surface area (TPSA) is 46.1 Å². The highest BCUT2D eigenvalue weighted by Gasteiger charge is 2.09. The van der Waals surface area contributed by atoms with Gasteiger partial charge in [-0.1, -0.05) is 30.3 Å². The molecular weight excluding hydrogens is 479 g/mol. The van der Waals surface area contributed by atoms with Crippen LogP contribution in [-0.2, 0) is 13.0 Å². The van der Waals surface area contributed by atoms with Crippen LogP contribution >= 0.6 is 24.0 Å². The molecule has 0 atom stereocenters. The average Bonchev–Trinajstić information content (AvgIpc) is 2.66. The fourth-order valence-corrected chi connectivity index (χ4v) is 2.73. The van der Waals surface area contributed by atoms with E-state index in [2.05, 4.69) is 15.0 Å². The number of alkyl halides is 2. The number of methoxy groups -OCH3 is 1. The second kappa shape index (κ2) is 12.4. The van der Waals surface area contributed by atoms with Gasteiger partial charge in [0.05, 0.1) is 7.11 Å². The first-order valence-corrected chi connectivity index (χ1v) is 8.61. The normalized spacial score (nSPS) is 11.0. The van der Waals surface area contributed by atoms with Crippen LogP contribution < -0.4 is 14.8 Å². The van der Waals surface area contributed by atoms with Crippen LogP contribution in [0.4, 0.5) is 8.78 Å². The van der Waals surface area contributed by atoms with Crippen molar-refractivity contribution >= 4 is 29.9 Å². The van der Waals surface area contributed by atoms with Gasteiger partial charge in [-0.05, 0) is 35.7 Å². The van der Waals surface area contributed by atoms with Gasteiger partial charge in [0, 0.05) is 27.2 Å². The number of nitrogens with zero attached hydrogens (tertiary/aromatic N) is 2. The van der Waals surface area contributed by atoms with Crippen molar-refractivity contribution in [2.24, 2.45) is 4.99 Å². The number of hydrogen-bond donors (Lipinski definition) is 1. The average molecular weight is 505 g/mol. The predicted molar refractivity (Wildman–Crippen MR) is 118 cm³/mol. The highest BCUT2D eigenvalue weighted by molar-refractivity contribution is 14.0. The zero-order valence-electron chi connectivity index (χ0n) is 16.2. The van der Waals surface area contributed by atoms with Gasteiger partial charge in [-0.15, -0.1) is 24.0 Å². The molecule has 2 aromatic rings. The van der Waals surface area contributed by atoms with Gasteiger partial charge in [0.25, 0.3) is 0 Å². The van der Waals surface area contributed by atoms with Crippen molar-refractivity contribution in [2.75, 3.05) is 27.7 Å². The molecule has 2 aromatic carbocycles. The third-order valence-electron chi connectivity index (χ3n) is 4.01. The number of para-hydroxylation sites is 1. The highest BCUT2D eigenvalue weighted by atomic mass is 127. The molecule has 0 spiro atoms. The minimum absolute atomic E-state index is 0. The Kier molecular flexibility index (Phi) is 10.6. The number of nitrogens with one attached hydrogen (secondary N) is 1. The number of guanidine groups is 1. The largest absolute Gasteiger partial charge is 0.496 e. The van der Waals surface area contributed by atoms with Gasteiger partial charge in [0.15, 0.2) is 5.96 Å². The lowest BCUT2D eigenvalue weighted by Crippen LogP contribution is -2.39. The molecular formula is C20H26F2IN3O2. The molecule has 0 bridgehead atoms. The first kappa shape index (κ1) is 23.9. The molecule has 2 rings (SSSR count). The molecule has 0 aliphatic carbocycles. The van der Waals surface area contributed by atoms with E-state index in [0.29, 0.717) is 13.1 Å². The number of aliphatic imine (C=N–C) groups is 1. The Morgan fingerprint density at radius 2 is 1.82 bits per heavy atom. The summed E-state index contributed by atoms with van der Waals surface area (Å²) in [7, 11) is 5.31. The summed E-state index contributed by atoms with van der Waals surface area (Å²) in [6, 6.07) is 14.5. The Morgan fingerprint density at radius 1 is 1.14 bits per heavy atom. The summed E-state index contributed by atoms with van der Waals surface area (Å²) < 4.78 is 34.1. The highest BCUT2D eigenvalue weighted by Crippen LogP contribution is 2.17. The quantitative estimate of drug-likeness (QED) is 0.333. The fourth-order valence-electron chi connectivity index (χ4n) is 2.73. The van der Waals surface area contributed by atoms with Crippen molar-refractivity contribution in [3.05, 3.63) is 59.7 Å². The molecule has 0 aliphatic rings. The fraction of sp³-hybridized carbons (Fsp3) is 0.350. The van der Waals surface area contributed by atoms with E-state index in [1.54, 1.807) is 26.3 Å². The van der Waals surface area contributed by atoms with Crippen molar-refractivity contribution < 1.29 is 18.3 Å². The molecule has 8 heteroatoms. The van der Waals surface area contributed by atoms with Gasteiger partial charge < -0.3 is 19.7 Å². The molecule has 5 nitrogen and oxygen atoms in total. The first-order chi connectivity index (χ1) is 13.0. The molecule has 0 radical (unpaired) electrons. The molecule has 0 unspecified atom stereocenters. The van der Waals surface area contributed by atoms with Crippen molar-refractivity contribution in [3.8, 4) is 11.5 Å². The maximum atomic E-state index is 12.2. The number of rotatable bonds is 8. The Hall–Kier alpha value is -2.10. The first-order valence-electron chi connectivity index (χ1n) is 8.61. The Morgan fingerprint density at radius 3 is 2.43 bits per heavy atom. The molecule has 0 aliphatic heterocycles. The lowest BCUT2D eigenvalue weighted by molar-refractivity contribution is -0.0498. The SMILES string of the molecule is CN=C(NCCc1ccccc1OC)N(C)Cc1ccc(OC(F)F)cc1.I. The van der Waals surface area contributed by atoms with E-state index < -0.39 is 6.61 Å². The zero-order chi connectivity index (χ0) is 19.6. The van der Waals surface area contributed by atoms with Crippen LogP contribution in [-0.4, -0.2) is 45.2 Å². The van der Waals surface area contributed by atoms with E-state index in [1.165, 1.54) is 12.1 Å². The molecule has 28 heavy (non-hydrogen) atoms. The van der Waals surface area contributed by atoms with E-state index in [1.807, 2.05) is 36.2 Å². The monoisotopic (exact) mass is 505 g/mol. The predicted octanol–water partition coefficient (Wildman–Crippen LogP) is 4.16. The summed E-state index contributed by atoms with van der Waals surface area (Å²) in [5.41, 5.74) is 2.09. The van der Waals surface area contributed by atoms with Gasteiger partial charge in [-0.25, -0.2) is 0 Å². The minimum Gasteiger partial charge on any atom is -0.496 e. The Bertz CT molecular complexity index is 742. The second-order valence-electron chi connectivity index (χ2n) is 5.91. The smallest absolute Gasteiger partial charge is 0.387 e. The zero-order valence-corrected chi connectivity index (χ0v) is 18.5. The van der Waals surface area contributed by atoms with E-state index in [0.717, 1.165) is 29.3 Å². The molecule has 0 aromatic heterocycles. The summed E-state index contributed by atoms with van der Waals surface area (Å²) >= 11 is 0. The van der Waals surface area contributed by atoms with Gasteiger partial charge in [0.1, 0.15) is 11.5 Å². The molecule has 0 saturated carbocycles. The standard InChI is InChI=1S/C20H25F2N3O2.HI/c1-23-20(24-13-12-16-6-4-5-7-18(16)26-3)25(2)14-15-8-10-17(11-9-15)27-19(21)22;/h4-11,19H,12-14H2,1-3H3,(H,23,24);1H. The van der Waals surface area contributed by atoms with Gasteiger partial charge in [-0.3, -0.25) is 4.99 Å². The maximum absolute atomic E-state index is 12.2. The molecule has 0 amide bonds. The van der Waals surface area contributed by atoms with Crippen molar-refractivity contribution in [1.29, 1.82) is 0 Å². The molecule has 0 saturated heterocycles. The summed E-state index contributed by atoms with van der Waals surface area (Å²) in [4.78, 5) is 6.25. The van der Waals surface area contributed by atoms with Crippen LogP contribution in [0.5, 0.6) is 11.5 Å². The molecule has 1 N–H and O–H groups in total. The summed E-state index contributed by atoms with van der Waals surface area (Å²) in [6.45, 7) is -1.52. The van der Waals surface area contributed by atoms with E-state index in [-0.39, 0.29) is 29.7 Å². The van der Waals surface area contributed by atoms with Crippen molar-refractivity contribution in [3.63, 3.8) is 0 Å². The van der Waals surface area contributed by atoms with Crippen LogP contribution in [0.15, 0.2) is 53.5 Å². The minimum atomic E-state index is -2.82. The third kappa shape index (κ3) is 7.49. The number of benzene rings is 2. The Balaban J connectivity index is 0.00000392. The number of ether oxygens (including phenoxy) is 2. The van der Waals surface area contributed by atoms with Gasteiger partial charge in [-0.2, -0.15) is 8.78 Å². The van der Waals surface area contributed by atoms with Crippen molar-refractivity contribution in [1.82, 2.24) is 10.2 Å². The lowest BCUT2D eigenvalue weighted by atomic mass is 10.1. The summed E-state index contributed by atoms with van der Waals surface area (Å²) in [6.07, 6.45) is 0.802.